The molecule has 0 spiro atoms. The van der Waals surface area contributed by atoms with Gasteiger partial charge in [-0.1, -0.05) is 91.9 Å². The Bertz CT molecular complexity index is 1200. The predicted molar refractivity (Wildman–Crippen MR) is 147 cm³/mol. The van der Waals surface area contributed by atoms with Gasteiger partial charge in [-0.15, -0.1) is 0 Å². The van der Waals surface area contributed by atoms with Crippen molar-refractivity contribution in [3.63, 3.8) is 0 Å². The highest BCUT2D eigenvalue weighted by molar-refractivity contribution is 6.79. The van der Waals surface area contributed by atoms with Crippen LogP contribution < -0.4 is 0 Å². The highest BCUT2D eigenvalue weighted by Gasteiger charge is 2.33. The number of allylic oxidation sites excluding steroid dienone is 2. The van der Waals surface area contributed by atoms with Crippen molar-refractivity contribution in [1.82, 2.24) is 0 Å². The van der Waals surface area contributed by atoms with Crippen LogP contribution in [0.3, 0.4) is 0 Å². The molecule has 0 heterocycles. The number of benzene rings is 2. The monoisotopic (exact) mass is 450 g/mol. The third kappa shape index (κ3) is 3.97. The molecule has 1 atom stereocenters. The highest BCUT2D eigenvalue weighted by Crippen LogP contribution is 2.44. The summed E-state index contributed by atoms with van der Waals surface area (Å²) in [7, 11) is -0.524. The summed E-state index contributed by atoms with van der Waals surface area (Å²) in [4.78, 5) is 0. The Labute approximate surface area is 207 Å². The van der Waals surface area contributed by atoms with Gasteiger partial charge in [-0.2, -0.15) is 3.70 Å². The summed E-state index contributed by atoms with van der Waals surface area (Å²) in [5, 5.41) is 1.70. The first-order chi connectivity index (χ1) is 15.0. The lowest BCUT2D eigenvalue weighted by atomic mass is 9.94. The van der Waals surface area contributed by atoms with Gasteiger partial charge < -0.3 is 0 Å². The van der Waals surface area contributed by atoms with Gasteiger partial charge in [0.15, 0.2) is 0 Å². The molecule has 2 aromatic carbocycles. The molecule has 0 bridgehead atoms. The molecule has 0 nitrogen and oxygen atoms in total. The zero-order chi connectivity index (χ0) is 23.5. The van der Waals surface area contributed by atoms with E-state index in [2.05, 4.69) is 98.8 Å². The smallest absolute Gasteiger partial charge is 0.162 e. The van der Waals surface area contributed by atoms with Crippen LogP contribution in [0, 0.1) is 13.8 Å². The molecule has 0 radical (unpaired) electrons. The molecule has 2 aliphatic carbocycles. The summed E-state index contributed by atoms with van der Waals surface area (Å²) in [5.41, 5.74) is 15.5. The van der Waals surface area contributed by atoms with Crippen molar-refractivity contribution in [2.45, 2.75) is 84.4 Å². The lowest BCUT2D eigenvalue weighted by Crippen LogP contribution is -2.12. The van der Waals surface area contributed by atoms with Crippen molar-refractivity contribution >= 4 is 43.7 Å². The Morgan fingerprint density at radius 3 is 2.00 bits per heavy atom. The van der Waals surface area contributed by atoms with Gasteiger partial charge in [0, 0.05) is 8.41 Å². The van der Waals surface area contributed by atoms with E-state index in [0.717, 1.165) is 0 Å². The van der Waals surface area contributed by atoms with E-state index in [1.54, 1.807) is 36.7 Å². The van der Waals surface area contributed by atoms with Gasteiger partial charge in [-0.3, -0.25) is 0 Å². The van der Waals surface area contributed by atoms with E-state index in [9.17, 15) is 0 Å². The largest absolute Gasteiger partial charge is 0.426 e. The van der Waals surface area contributed by atoms with Gasteiger partial charge >= 0.3 is 20.4 Å². The number of rotatable bonds is 4. The van der Waals surface area contributed by atoms with Gasteiger partial charge in [0.2, 0.25) is 0 Å². The molecule has 0 fully saturated rings. The third-order valence-corrected chi connectivity index (χ3v) is 12.2. The lowest BCUT2D eigenvalue weighted by molar-refractivity contribution is 0.860. The first kappa shape index (κ1) is 23.9. The van der Waals surface area contributed by atoms with Crippen LogP contribution in [0.4, 0.5) is 0 Å². The Morgan fingerprint density at radius 1 is 0.812 bits per heavy atom. The van der Waals surface area contributed by atoms with Crippen LogP contribution in [0.5, 0.6) is 0 Å². The van der Waals surface area contributed by atoms with E-state index in [1.165, 1.54) is 27.8 Å². The molecular formula is C30H38MgSi. The normalized spacial score (nSPS) is 17.2. The van der Waals surface area contributed by atoms with Gasteiger partial charge in [0.25, 0.3) is 0 Å². The van der Waals surface area contributed by atoms with Gasteiger partial charge in [-0.05, 0) is 83.6 Å². The van der Waals surface area contributed by atoms with Crippen molar-refractivity contribution in [3.05, 3.63) is 79.9 Å². The van der Waals surface area contributed by atoms with Crippen LogP contribution in [0.1, 0.15) is 102 Å². The van der Waals surface area contributed by atoms with Gasteiger partial charge in [0.05, 0.1) is 0 Å². The molecule has 32 heavy (non-hydrogen) atoms. The molecule has 0 aliphatic heterocycles. The van der Waals surface area contributed by atoms with Crippen molar-refractivity contribution in [2.24, 2.45) is 0 Å². The van der Waals surface area contributed by atoms with E-state index < -0.39 is 28.8 Å². The second-order valence-electron chi connectivity index (χ2n) is 11.0. The second kappa shape index (κ2) is 8.85. The molecule has 2 heteroatoms. The number of hydrogen-bond acceptors (Lipinski definition) is 0. The summed E-state index contributed by atoms with van der Waals surface area (Å²) in [5.74, 6) is 1.15. The molecular weight excluding hydrogens is 413 g/mol. The summed E-state index contributed by atoms with van der Waals surface area (Å²) < 4.78 is 2.37. The molecule has 1 unspecified atom stereocenters. The maximum atomic E-state index is 2.56. The fourth-order valence-electron chi connectivity index (χ4n) is 5.87. The molecule has 0 saturated carbocycles. The summed E-state index contributed by atoms with van der Waals surface area (Å²) in [6.45, 7) is 23.7. The van der Waals surface area contributed by atoms with Gasteiger partial charge in [0.1, 0.15) is 0 Å². The minimum Gasteiger partial charge on any atom is -0.162 e. The summed E-state index contributed by atoms with van der Waals surface area (Å²) in [6.07, 6.45) is 2.49. The second-order valence-corrected chi connectivity index (χ2v) is 15.5. The molecule has 0 N–H and O–H groups in total. The summed E-state index contributed by atoms with van der Waals surface area (Å²) >= 11 is -0.518. The highest BCUT2D eigenvalue weighted by atomic mass is 28.2. The fraction of sp³-hybridized carbons (Fsp3) is 0.433. The van der Waals surface area contributed by atoms with Crippen LogP contribution in [-0.4, -0.2) is 33.9 Å². The van der Waals surface area contributed by atoms with Crippen LogP contribution in [0.25, 0.3) is 9.78 Å². The van der Waals surface area contributed by atoms with E-state index in [4.69, 9.17) is 0 Å². The standard InChI is InChI=1S/C16H21Si.C14H17.Mg/c1-10(2)13-7-11(3)15-14(9-13)8-12(4)16(15)17(5)6;1-9(2)12-7-11(4)14-6-10(3)5-13(14)8-12;/h7,9-10H,1-6H3;5-9H,1-4H3;. The van der Waals surface area contributed by atoms with Crippen molar-refractivity contribution in [2.75, 3.05) is 0 Å². The summed E-state index contributed by atoms with van der Waals surface area (Å²) in [6, 6.07) is 9.97. The van der Waals surface area contributed by atoms with Crippen molar-refractivity contribution < 1.29 is 0 Å². The van der Waals surface area contributed by atoms with Crippen LogP contribution in [0.2, 0.25) is 13.1 Å². The zero-order valence-corrected chi connectivity index (χ0v) is 24.2. The average molecular weight is 451 g/mol. The number of hydrogen-bond donors (Lipinski definition) is 0. The van der Waals surface area contributed by atoms with E-state index in [1.807, 2.05) is 0 Å². The Balaban J connectivity index is 1.87. The fourth-order valence-corrected chi connectivity index (χ4v) is 10.2. The van der Waals surface area contributed by atoms with Gasteiger partial charge in [-0.25, -0.2) is 0 Å². The first-order valence-corrected chi connectivity index (χ1v) is 16.4. The maximum absolute atomic E-state index is 2.56. The molecule has 0 saturated heterocycles. The SMILES string of the molecule is CC1=Cc2c(C)cc(C(C)C)cc2[CH]1[Mg][C]1=C(C)C(=[Si](C)C)c2c(C)cc(C(C)C)cc21. The zero-order valence-electron chi connectivity index (χ0n) is 21.8. The minimum atomic E-state index is -0.524. The van der Waals surface area contributed by atoms with Crippen molar-refractivity contribution in [3.8, 4) is 0 Å². The van der Waals surface area contributed by atoms with E-state index in [0.29, 0.717) is 15.9 Å². The molecule has 2 aliphatic rings. The van der Waals surface area contributed by atoms with Crippen LogP contribution in [0.15, 0.2) is 35.4 Å². The lowest BCUT2D eigenvalue weighted by Gasteiger charge is -2.20. The van der Waals surface area contributed by atoms with Crippen molar-refractivity contribution in [1.29, 1.82) is 0 Å². The first-order valence-electron chi connectivity index (χ1n) is 12.4. The Morgan fingerprint density at radius 2 is 1.41 bits per heavy atom. The van der Waals surface area contributed by atoms with Crippen LogP contribution in [-0.2, 0) is 0 Å². The third-order valence-electron chi connectivity index (χ3n) is 7.74. The molecule has 164 valence electrons. The van der Waals surface area contributed by atoms with E-state index in [-0.39, 0.29) is 0 Å². The Kier molecular flexibility index (Phi) is 6.61. The number of fused-ring (bicyclic) bond motifs is 2. The molecule has 0 aromatic heterocycles. The number of aryl methyl sites for hydroxylation is 2. The van der Waals surface area contributed by atoms with Crippen LogP contribution >= 0.6 is 0 Å². The quantitative estimate of drug-likeness (QED) is 0.413. The maximum Gasteiger partial charge on any atom is 0.426 e. The van der Waals surface area contributed by atoms with E-state index >= 15 is 0 Å². The molecule has 0 amide bonds. The Hall–Kier alpha value is -1.23. The molecule has 2 aromatic rings. The molecule has 4 rings (SSSR count). The predicted octanol–water partition coefficient (Wildman–Crippen LogP) is 8.01. The average Bonchev–Trinajstić information content (AvgIpc) is 3.17. The minimum absolute atomic E-state index is 0.518. The topological polar surface area (TPSA) is 0 Å².